The Labute approximate surface area is 94.6 Å². The van der Waals surface area contributed by atoms with Crippen LogP contribution in [0.3, 0.4) is 0 Å². The van der Waals surface area contributed by atoms with Gasteiger partial charge in [0.05, 0.1) is 0 Å². The second kappa shape index (κ2) is 4.33. The first-order valence-electron chi connectivity index (χ1n) is 5.15. The zero-order valence-corrected chi connectivity index (χ0v) is 9.47. The Morgan fingerprint density at radius 2 is 2.27 bits per heavy atom. The molecule has 0 atom stereocenters. The number of aryl methyl sites for hydroxylation is 1. The molecule has 1 aromatic carbocycles. The molecule has 15 heavy (non-hydrogen) atoms. The van der Waals surface area contributed by atoms with Crippen molar-refractivity contribution in [1.29, 1.82) is 0 Å². The zero-order chi connectivity index (χ0) is 10.8. The largest absolute Gasteiger partial charge is 0.315 e. The summed E-state index contributed by atoms with van der Waals surface area (Å²) in [6, 6.07) is 5.85. The van der Waals surface area contributed by atoms with E-state index in [-0.39, 0.29) is 5.92 Å². The Morgan fingerprint density at radius 1 is 1.53 bits per heavy atom. The fourth-order valence-electron chi connectivity index (χ4n) is 1.64. The third-order valence-electron chi connectivity index (χ3n) is 2.81. The van der Waals surface area contributed by atoms with Crippen LogP contribution in [-0.4, -0.2) is 18.9 Å². The van der Waals surface area contributed by atoms with Crippen LogP contribution < -0.4 is 5.32 Å². The Morgan fingerprint density at radius 3 is 2.80 bits per heavy atom. The van der Waals surface area contributed by atoms with Gasteiger partial charge in [-0.15, -0.1) is 0 Å². The molecule has 1 aromatic rings. The molecule has 0 saturated carbocycles. The lowest BCUT2D eigenvalue weighted by Crippen LogP contribution is -2.47. The van der Waals surface area contributed by atoms with Crippen LogP contribution in [0.25, 0.3) is 0 Å². The first kappa shape index (κ1) is 10.7. The molecule has 0 aliphatic carbocycles. The number of nitrogens with one attached hydrogen (secondary N) is 1. The van der Waals surface area contributed by atoms with Crippen LogP contribution in [0, 0.1) is 12.8 Å². The highest BCUT2D eigenvalue weighted by Crippen LogP contribution is 2.20. The molecule has 1 heterocycles. The van der Waals surface area contributed by atoms with Crippen molar-refractivity contribution in [2.45, 2.75) is 13.3 Å². The SMILES string of the molecule is Cc1ccc(CC(=O)C2CNC2)c(Cl)c1. The molecular weight excluding hydrogens is 210 g/mol. The van der Waals surface area contributed by atoms with E-state index in [1.165, 1.54) is 0 Å². The summed E-state index contributed by atoms with van der Waals surface area (Å²) >= 11 is 6.07. The standard InChI is InChI=1S/C12H14ClNO/c1-8-2-3-9(11(13)4-8)5-12(15)10-6-14-7-10/h2-4,10,14H,5-7H2,1H3. The molecule has 2 nitrogen and oxygen atoms in total. The van der Waals surface area contributed by atoms with Gasteiger partial charge >= 0.3 is 0 Å². The zero-order valence-electron chi connectivity index (χ0n) is 8.72. The molecule has 1 saturated heterocycles. The van der Waals surface area contributed by atoms with Crippen molar-refractivity contribution < 1.29 is 4.79 Å². The summed E-state index contributed by atoms with van der Waals surface area (Å²) in [7, 11) is 0. The maximum absolute atomic E-state index is 11.7. The minimum absolute atomic E-state index is 0.197. The topological polar surface area (TPSA) is 29.1 Å². The van der Waals surface area contributed by atoms with E-state index in [2.05, 4.69) is 5.32 Å². The minimum atomic E-state index is 0.197. The molecule has 0 spiro atoms. The average molecular weight is 224 g/mol. The van der Waals surface area contributed by atoms with Crippen molar-refractivity contribution in [3.05, 3.63) is 34.3 Å². The molecule has 0 bridgehead atoms. The molecule has 80 valence electrons. The van der Waals surface area contributed by atoms with Gasteiger partial charge in [-0.1, -0.05) is 23.7 Å². The number of benzene rings is 1. The monoisotopic (exact) mass is 223 g/mol. The number of carbonyl (C=O) groups is 1. The molecule has 0 amide bonds. The number of hydrogen-bond acceptors (Lipinski definition) is 2. The maximum Gasteiger partial charge on any atom is 0.142 e. The van der Waals surface area contributed by atoms with Crippen molar-refractivity contribution in [2.75, 3.05) is 13.1 Å². The summed E-state index contributed by atoms with van der Waals surface area (Å²) in [4.78, 5) is 11.7. The van der Waals surface area contributed by atoms with E-state index in [4.69, 9.17) is 11.6 Å². The number of hydrogen-bond donors (Lipinski definition) is 1. The van der Waals surface area contributed by atoms with Gasteiger partial charge in [0.15, 0.2) is 0 Å². The lowest BCUT2D eigenvalue weighted by atomic mass is 9.93. The summed E-state index contributed by atoms with van der Waals surface area (Å²) in [5.41, 5.74) is 2.07. The predicted molar refractivity (Wildman–Crippen MR) is 61.3 cm³/mol. The van der Waals surface area contributed by atoms with Crippen molar-refractivity contribution in [1.82, 2.24) is 5.32 Å². The Hall–Kier alpha value is -0.860. The van der Waals surface area contributed by atoms with Crippen LogP contribution >= 0.6 is 11.6 Å². The molecule has 0 radical (unpaired) electrons. The second-order valence-corrected chi connectivity index (χ2v) is 4.50. The van der Waals surface area contributed by atoms with Gasteiger partial charge in [-0.25, -0.2) is 0 Å². The highest BCUT2D eigenvalue weighted by Gasteiger charge is 2.24. The molecule has 3 heteroatoms. The van der Waals surface area contributed by atoms with Crippen molar-refractivity contribution >= 4 is 17.4 Å². The third-order valence-corrected chi connectivity index (χ3v) is 3.16. The molecule has 0 aromatic heterocycles. The Bertz CT molecular complexity index is 385. The van der Waals surface area contributed by atoms with E-state index < -0.39 is 0 Å². The van der Waals surface area contributed by atoms with Gasteiger partial charge < -0.3 is 5.32 Å². The van der Waals surface area contributed by atoms with Gasteiger partial charge in [0.1, 0.15) is 5.78 Å². The predicted octanol–water partition coefficient (Wildman–Crippen LogP) is 1.98. The van der Waals surface area contributed by atoms with Gasteiger partial charge in [0, 0.05) is 30.5 Å². The summed E-state index contributed by atoms with van der Waals surface area (Å²) in [5, 5.41) is 3.80. The molecule has 1 fully saturated rings. The van der Waals surface area contributed by atoms with E-state index in [1.807, 2.05) is 25.1 Å². The van der Waals surface area contributed by atoms with Gasteiger partial charge in [0.25, 0.3) is 0 Å². The summed E-state index contributed by atoms with van der Waals surface area (Å²) in [5.74, 6) is 0.488. The Kier molecular flexibility index (Phi) is 3.08. The van der Waals surface area contributed by atoms with Gasteiger partial charge in [-0.2, -0.15) is 0 Å². The van der Waals surface area contributed by atoms with Gasteiger partial charge in [0.2, 0.25) is 0 Å². The third kappa shape index (κ3) is 2.39. The van der Waals surface area contributed by atoms with Crippen LogP contribution in [0.2, 0.25) is 5.02 Å². The molecule has 2 rings (SSSR count). The molecular formula is C12H14ClNO. The number of ketones is 1. The summed E-state index contributed by atoms with van der Waals surface area (Å²) < 4.78 is 0. The summed E-state index contributed by atoms with van der Waals surface area (Å²) in [6.45, 7) is 3.64. The van der Waals surface area contributed by atoms with Crippen molar-refractivity contribution in [3.63, 3.8) is 0 Å². The van der Waals surface area contributed by atoms with E-state index in [0.717, 1.165) is 24.2 Å². The van der Waals surface area contributed by atoms with Gasteiger partial charge in [-0.05, 0) is 24.1 Å². The van der Waals surface area contributed by atoms with Crippen LogP contribution in [0.15, 0.2) is 18.2 Å². The molecule has 1 aliphatic rings. The van der Waals surface area contributed by atoms with Crippen molar-refractivity contribution in [3.8, 4) is 0 Å². The minimum Gasteiger partial charge on any atom is -0.315 e. The number of Topliss-reactive ketones (excluding diaryl/α,β-unsaturated/α-hetero) is 1. The number of carbonyl (C=O) groups excluding carboxylic acids is 1. The summed E-state index contributed by atoms with van der Waals surface area (Å²) in [6.07, 6.45) is 0.464. The smallest absolute Gasteiger partial charge is 0.142 e. The molecule has 0 unspecified atom stereocenters. The lowest BCUT2D eigenvalue weighted by Gasteiger charge is -2.25. The van der Waals surface area contributed by atoms with Crippen LogP contribution in [0.5, 0.6) is 0 Å². The normalized spacial score (nSPS) is 16.1. The average Bonchev–Trinajstić information content (AvgIpc) is 2.07. The van der Waals surface area contributed by atoms with Crippen molar-refractivity contribution in [2.24, 2.45) is 5.92 Å². The first-order valence-corrected chi connectivity index (χ1v) is 5.53. The van der Waals surface area contributed by atoms with Crippen LogP contribution in [0.4, 0.5) is 0 Å². The van der Waals surface area contributed by atoms with E-state index >= 15 is 0 Å². The highest BCUT2D eigenvalue weighted by molar-refractivity contribution is 6.31. The van der Waals surface area contributed by atoms with Gasteiger partial charge in [-0.3, -0.25) is 4.79 Å². The fourth-order valence-corrected chi connectivity index (χ4v) is 1.95. The van der Waals surface area contributed by atoms with Crippen LogP contribution in [0.1, 0.15) is 11.1 Å². The number of rotatable bonds is 3. The quantitative estimate of drug-likeness (QED) is 0.849. The maximum atomic E-state index is 11.7. The van der Waals surface area contributed by atoms with E-state index in [0.29, 0.717) is 17.2 Å². The fraction of sp³-hybridized carbons (Fsp3) is 0.417. The number of halogens is 1. The molecule has 1 N–H and O–H groups in total. The molecule has 1 aliphatic heterocycles. The highest BCUT2D eigenvalue weighted by atomic mass is 35.5. The Balaban J connectivity index is 2.06. The first-order chi connectivity index (χ1) is 7.16. The van der Waals surface area contributed by atoms with E-state index in [1.54, 1.807) is 0 Å². The van der Waals surface area contributed by atoms with E-state index in [9.17, 15) is 4.79 Å². The van der Waals surface area contributed by atoms with Crippen LogP contribution in [-0.2, 0) is 11.2 Å². The lowest BCUT2D eigenvalue weighted by molar-refractivity contribution is -0.123. The second-order valence-electron chi connectivity index (χ2n) is 4.09.